The number of halogens is 1. The summed E-state index contributed by atoms with van der Waals surface area (Å²) in [6.45, 7) is 11.0. The molecule has 1 atom stereocenters. The number of aromatic nitrogens is 3. The van der Waals surface area contributed by atoms with E-state index in [4.69, 9.17) is 9.72 Å². The molecule has 41 heavy (non-hydrogen) atoms. The number of fused-ring (bicyclic) bond motifs is 2. The molecule has 2 aromatic carbocycles. The molecule has 1 aliphatic heterocycles. The number of benzene rings is 2. The van der Waals surface area contributed by atoms with Gasteiger partial charge in [0.05, 0.1) is 0 Å². The molecule has 1 fully saturated rings. The first-order valence-corrected chi connectivity index (χ1v) is 17.2. The average Bonchev–Trinajstić information content (AvgIpc) is 3.56. The van der Waals surface area contributed by atoms with Gasteiger partial charge in [0, 0.05) is 103 Å². The van der Waals surface area contributed by atoms with Crippen LogP contribution in [0.5, 0.6) is 0 Å². The van der Waals surface area contributed by atoms with Gasteiger partial charge in [0.2, 0.25) is 0 Å². The summed E-state index contributed by atoms with van der Waals surface area (Å²) in [5.41, 5.74) is 7.49. The lowest BCUT2D eigenvalue weighted by Gasteiger charge is -2.40. The first-order valence-electron chi connectivity index (χ1n) is 13.9. The van der Waals surface area contributed by atoms with Crippen molar-refractivity contribution in [1.29, 1.82) is 0 Å². The fourth-order valence-corrected chi connectivity index (χ4v) is 6.83. The van der Waals surface area contributed by atoms with Crippen molar-refractivity contribution in [2.24, 2.45) is 0 Å². The molecular weight excluding hydrogens is 645 g/mol. The Morgan fingerprint density at radius 1 is 1.07 bits per heavy atom. The van der Waals surface area contributed by atoms with Crippen LogP contribution < -0.4 is 0 Å². The number of H-pyrrole nitrogens is 1. The lowest BCUT2D eigenvalue weighted by Crippen LogP contribution is -2.54. The molecule has 0 radical (unpaired) electrons. The number of aromatic amines is 1. The molecule has 1 unspecified atom stereocenters. The number of amides is 1. The van der Waals surface area contributed by atoms with E-state index in [0.717, 1.165) is 47.3 Å². The average molecular weight is 680 g/mol. The molecule has 7 nitrogen and oxygen atoms in total. The van der Waals surface area contributed by atoms with Gasteiger partial charge in [0.25, 0.3) is 0 Å². The summed E-state index contributed by atoms with van der Waals surface area (Å²) in [6, 6.07) is 19.8. The fraction of sp³-hybridized carbons (Fsp3) is 0.312. The van der Waals surface area contributed by atoms with Crippen molar-refractivity contribution in [1.82, 2.24) is 23.7 Å². The predicted molar refractivity (Wildman–Crippen MR) is 177 cm³/mol. The SMILES string of the molecule is CC1CN(Cc2ccc(-c3cnc4c(c3)c(-c3ccc5[nH]ccc5c3)cn4SI)cc2)CCN1C(=O)OC(C)(C)C. The van der Waals surface area contributed by atoms with E-state index in [1.807, 2.05) is 38.1 Å². The van der Waals surface area contributed by atoms with Crippen LogP contribution in [0.15, 0.2) is 73.2 Å². The van der Waals surface area contributed by atoms with Gasteiger partial charge in [-0.3, -0.25) is 8.87 Å². The minimum Gasteiger partial charge on any atom is -0.444 e. The Hall–Kier alpha value is -3.02. The van der Waals surface area contributed by atoms with E-state index in [0.29, 0.717) is 6.54 Å². The molecule has 0 aliphatic carbocycles. The highest BCUT2D eigenvalue weighted by atomic mass is 127. The van der Waals surface area contributed by atoms with Crippen molar-refractivity contribution in [3.8, 4) is 22.3 Å². The van der Waals surface area contributed by atoms with Crippen LogP contribution in [-0.4, -0.2) is 61.1 Å². The van der Waals surface area contributed by atoms with Crippen LogP contribution in [0.1, 0.15) is 33.3 Å². The van der Waals surface area contributed by atoms with Gasteiger partial charge < -0.3 is 14.6 Å². The normalized spacial score (nSPS) is 16.5. The highest BCUT2D eigenvalue weighted by Gasteiger charge is 2.30. The molecule has 6 rings (SSSR count). The number of piperazine rings is 1. The van der Waals surface area contributed by atoms with Crippen molar-refractivity contribution in [3.05, 3.63) is 78.8 Å². The van der Waals surface area contributed by atoms with Gasteiger partial charge in [-0.15, -0.1) is 0 Å². The summed E-state index contributed by atoms with van der Waals surface area (Å²) in [4.78, 5) is 25.0. The Morgan fingerprint density at radius 3 is 2.59 bits per heavy atom. The molecule has 5 aromatic rings. The van der Waals surface area contributed by atoms with E-state index in [-0.39, 0.29) is 12.1 Å². The third kappa shape index (κ3) is 5.98. The highest BCUT2D eigenvalue weighted by molar-refractivity contribution is 14.2. The van der Waals surface area contributed by atoms with Gasteiger partial charge in [-0.1, -0.05) is 30.3 Å². The third-order valence-electron chi connectivity index (χ3n) is 7.58. The molecule has 1 amide bonds. The fourth-order valence-electron chi connectivity index (χ4n) is 5.57. The zero-order valence-electron chi connectivity index (χ0n) is 23.7. The number of carbonyl (C=O) groups is 1. The second-order valence-electron chi connectivity index (χ2n) is 11.8. The summed E-state index contributed by atoms with van der Waals surface area (Å²) in [6.07, 6.45) is 5.91. The number of rotatable bonds is 5. The molecule has 9 heteroatoms. The Morgan fingerprint density at radius 2 is 1.85 bits per heavy atom. The van der Waals surface area contributed by atoms with Crippen molar-refractivity contribution >= 4 is 58.4 Å². The number of hydrogen-bond donors (Lipinski definition) is 1. The van der Waals surface area contributed by atoms with Gasteiger partial charge >= 0.3 is 6.09 Å². The van der Waals surface area contributed by atoms with Gasteiger partial charge in [0.15, 0.2) is 5.65 Å². The van der Waals surface area contributed by atoms with E-state index >= 15 is 0 Å². The Bertz CT molecular complexity index is 1710. The number of pyridine rings is 1. The minimum absolute atomic E-state index is 0.107. The maximum atomic E-state index is 12.6. The first-order chi connectivity index (χ1) is 19.7. The van der Waals surface area contributed by atoms with Crippen LogP contribution in [0.25, 0.3) is 44.2 Å². The van der Waals surface area contributed by atoms with Gasteiger partial charge in [0.1, 0.15) is 5.60 Å². The van der Waals surface area contributed by atoms with Crippen LogP contribution >= 0.6 is 30.3 Å². The Labute approximate surface area is 257 Å². The zero-order valence-corrected chi connectivity index (χ0v) is 26.7. The van der Waals surface area contributed by atoms with Gasteiger partial charge in [-0.2, -0.15) is 0 Å². The first kappa shape index (κ1) is 28.1. The van der Waals surface area contributed by atoms with E-state index in [1.54, 1.807) is 9.12 Å². The van der Waals surface area contributed by atoms with Gasteiger partial charge in [-0.05, 0) is 74.0 Å². The predicted octanol–water partition coefficient (Wildman–Crippen LogP) is 8.14. The van der Waals surface area contributed by atoms with Crippen molar-refractivity contribution in [2.75, 3.05) is 19.6 Å². The molecule has 1 N–H and O–H groups in total. The highest BCUT2D eigenvalue weighted by Crippen LogP contribution is 2.37. The summed E-state index contributed by atoms with van der Waals surface area (Å²) in [5, 5.41) is 2.34. The number of nitrogens with one attached hydrogen (secondary N) is 1. The Balaban J connectivity index is 1.19. The third-order valence-corrected chi connectivity index (χ3v) is 9.28. The van der Waals surface area contributed by atoms with Crippen LogP contribution in [0.4, 0.5) is 4.79 Å². The van der Waals surface area contributed by atoms with Crippen molar-refractivity contribution in [3.63, 3.8) is 0 Å². The molecule has 3 aromatic heterocycles. The quantitative estimate of drug-likeness (QED) is 0.190. The Kier molecular flexibility index (Phi) is 7.78. The topological polar surface area (TPSA) is 66.4 Å². The maximum Gasteiger partial charge on any atom is 0.410 e. The smallest absolute Gasteiger partial charge is 0.410 e. The molecule has 0 saturated carbocycles. The largest absolute Gasteiger partial charge is 0.444 e. The maximum absolute atomic E-state index is 12.6. The van der Waals surface area contributed by atoms with E-state index < -0.39 is 5.60 Å². The van der Waals surface area contributed by atoms with Crippen molar-refractivity contribution < 1.29 is 9.53 Å². The summed E-state index contributed by atoms with van der Waals surface area (Å²) < 4.78 is 7.72. The number of nitrogens with zero attached hydrogens (tertiary/aromatic N) is 4. The van der Waals surface area contributed by atoms with Crippen LogP contribution in [0, 0.1) is 0 Å². The lowest BCUT2D eigenvalue weighted by atomic mass is 10.0. The van der Waals surface area contributed by atoms with Crippen LogP contribution in [0.3, 0.4) is 0 Å². The summed E-state index contributed by atoms with van der Waals surface area (Å²) in [7, 11) is 1.63. The summed E-state index contributed by atoms with van der Waals surface area (Å²) >= 11 is 2.31. The number of ether oxygens (including phenoxy) is 1. The molecular formula is C32H34IN5O2S. The molecule has 4 heterocycles. The number of carbonyl (C=O) groups excluding carboxylic acids is 1. The van der Waals surface area contributed by atoms with Crippen LogP contribution in [0.2, 0.25) is 0 Å². The van der Waals surface area contributed by atoms with E-state index in [9.17, 15) is 4.79 Å². The molecule has 0 bridgehead atoms. The second-order valence-corrected chi connectivity index (χ2v) is 13.5. The minimum atomic E-state index is -0.479. The molecule has 0 spiro atoms. The van der Waals surface area contributed by atoms with Crippen LogP contribution in [-0.2, 0) is 11.3 Å². The van der Waals surface area contributed by atoms with Crippen molar-refractivity contribution in [2.45, 2.75) is 45.9 Å². The lowest BCUT2D eigenvalue weighted by molar-refractivity contribution is 0.000560. The monoisotopic (exact) mass is 679 g/mol. The van der Waals surface area contributed by atoms with E-state index in [2.05, 4.69) is 103 Å². The molecule has 212 valence electrons. The zero-order chi connectivity index (χ0) is 28.7. The standard InChI is InChI=1S/C32H34IN5O2S/c1-21-18-36(13-14-37(21)31(39)40-32(2,3)4)19-22-5-7-23(8-6-22)26-16-27-28(20-38(41-33)30(27)35-17-26)24-9-10-29-25(15-24)11-12-34-29/h5-12,15-17,20-21,34H,13-14,18-19H2,1-4H3. The number of hydrogen-bond acceptors (Lipinski definition) is 5. The van der Waals surface area contributed by atoms with E-state index in [1.165, 1.54) is 22.1 Å². The second kappa shape index (κ2) is 11.3. The summed E-state index contributed by atoms with van der Waals surface area (Å²) in [5.74, 6) is 0. The molecule has 1 aliphatic rings. The molecule has 1 saturated heterocycles. The van der Waals surface area contributed by atoms with Gasteiger partial charge in [-0.25, -0.2) is 9.78 Å².